The Morgan fingerprint density at radius 3 is 2.89 bits per heavy atom. The third-order valence-electron chi connectivity index (χ3n) is 4.81. The number of hydrogen-bond donors (Lipinski definition) is 1. The maximum Gasteiger partial charge on any atom is 0.123 e. The standard InChI is InChI=1S/C16H22FNO/c1-11-2-5-14(17)8-13(11)9-16(10-18)6-7-19-15(16)12-3-4-12/h2,5,8,12,15H,3-4,6-7,9-10,18H2,1H3. The first kappa shape index (κ1) is 13.1. The quantitative estimate of drug-likeness (QED) is 0.906. The lowest BCUT2D eigenvalue weighted by Gasteiger charge is -2.33. The summed E-state index contributed by atoms with van der Waals surface area (Å²) in [4.78, 5) is 0. The molecule has 1 aliphatic heterocycles. The number of rotatable bonds is 4. The predicted octanol–water partition coefficient (Wildman–Crippen LogP) is 2.82. The van der Waals surface area contributed by atoms with Gasteiger partial charge in [0.25, 0.3) is 0 Å². The van der Waals surface area contributed by atoms with Crippen molar-refractivity contribution in [1.82, 2.24) is 0 Å². The van der Waals surface area contributed by atoms with E-state index in [4.69, 9.17) is 10.5 Å². The van der Waals surface area contributed by atoms with Crippen molar-refractivity contribution in [2.24, 2.45) is 17.1 Å². The first-order chi connectivity index (χ1) is 9.14. The molecule has 2 N–H and O–H groups in total. The Hall–Kier alpha value is -0.930. The molecule has 1 heterocycles. The smallest absolute Gasteiger partial charge is 0.123 e. The molecule has 0 spiro atoms. The van der Waals surface area contributed by atoms with E-state index in [-0.39, 0.29) is 17.3 Å². The lowest BCUT2D eigenvalue weighted by atomic mass is 9.73. The van der Waals surface area contributed by atoms with Crippen molar-refractivity contribution in [2.75, 3.05) is 13.2 Å². The van der Waals surface area contributed by atoms with Crippen LogP contribution in [0.15, 0.2) is 18.2 Å². The van der Waals surface area contributed by atoms with Gasteiger partial charge in [-0.3, -0.25) is 0 Å². The normalized spacial score (nSPS) is 30.8. The molecule has 0 bridgehead atoms. The average molecular weight is 263 g/mol. The van der Waals surface area contributed by atoms with Crippen LogP contribution in [0.5, 0.6) is 0 Å². The second-order valence-electron chi connectivity index (χ2n) is 6.19. The number of aryl methyl sites for hydroxylation is 1. The van der Waals surface area contributed by atoms with Gasteiger partial charge in [0.2, 0.25) is 0 Å². The fourth-order valence-corrected chi connectivity index (χ4v) is 3.43. The Morgan fingerprint density at radius 1 is 1.42 bits per heavy atom. The van der Waals surface area contributed by atoms with Crippen LogP contribution in [0.25, 0.3) is 0 Å². The van der Waals surface area contributed by atoms with Gasteiger partial charge in [0.15, 0.2) is 0 Å². The van der Waals surface area contributed by atoms with Crippen LogP contribution in [0.1, 0.15) is 30.4 Å². The molecule has 1 saturated carbocycles. The topological polar surface area (TPSA) is 35.2 Å². The maximum absolute atomic E-state index is 13.5. The molecule has 2 atom stereocenters. The lowest BCUT2D eigenvalue weighted by molar-refractivity contribution is 0.0344. The van der Waals surface area contributed by atoms with E-state index in [1.165, 1.54) is 18.9 Å². The van der Waals surface area contributed by atoms with Crippen molar-refractivity contribution in [1.29, 1.82) is 0 Å². The van der Waals surface area contributed by atoms with Crippen molar-refractivity contribution in [3.63, 3.8) is 0 Å². The van der Waals surface area contributed by atoms with Gasteiger partial charge in [-0.15, -0.1) is 0 Å². The molecule has 3 heteroatoms. The van der Waals surface area contributed by atoms with E-state index in [9.17, 15) is 4.39 Å². The molecule has 0 aromatic heterocycles. The van der Waals surface area contributed by atoms with Crippen LogP contribution >= 0.6 is 0 Å². The van der Waals surface area contributed by atoms with E-state index in [0.717, 1.165) is 30.6 Å². The van der Waals surface area contributed by atoms with E-state index >= 15 is 0 Å². The summed E-state index contributed by atoms with van der Waals surface area (Å²) in [5, 5.41) is 0. The lowest BCUT2D eigenvalue weighted by Crippen LogP contribution is -2.41. The Balaban J connectivity index is 1.87. The molecule has 3 rings (SSSR count). The van der Waals surface area contributed by atoms with Gasteiger partial charge in [0.1, 0.15) is 5.82 Å². The van der Waals surface area contributed by atoms with Crippen molar-refractivity contribution < 1.29 is 9.13 Å². The highest BCUT2D eigenvalue weighted by Gasteiger charge is 2.50. The van der Waals surface area contributed by atoms with E-state index < -0.39 is 0 Å². The van der Waals surface area contributed by atoms with Crippen molar-refractivity contribution in [3.05, 3.63) is 35.1 Å². The summed E-state index contributed by atoms with van der Waals surface area (Å²) in [6.07, 6.45) is 4.64. The van der Waals surface area contributed by atoms with Gasteiger partial charge in [0.05, 0.1) is 6.10 Å². The van der Waals surface area contributed by atoms with Crippen LogP contribution in [0, 0.1) is 24.1 Å². The monoisotopic (exact) mass is 263 g/mol. The summed E-state index contributed by atoms with van der Waals surface area (Å²) >= 11 is 0. The highest BCUT2D eigenvalue weighted by Crippen LogP contribution is 2.49. The molecule has 0 radical (unpaired) electrons. The molecule has 1 aromatic rings. The SMILES string of the molecule is Cc1ccc(F)cc1CC1(CN)CCOC1C1CC1. The van der Waals surface area contributed by atoms with E-state index in [1.54, 1.807) is 6.07 Å². The Morgan fingerprint density at radius 2 is 2.21 bits per heavy atom. The molecule has 0 amide bonds. The van der Waals surface area contributed by atoms with Gasteiger partial charge in [-0.2, -0.15) is 0 Å². The molecule has 19 heavy (non-hydrogen) atoms. The van der Waals surface area contributed by atoms with Crippen LogP contribution in [-0.2, 0) is 11.2 Å². The highest BCUT2D eigenvalue weighted by molar-refractivity contribution is 5.28. The number of halogens is 1. The van der Waals surface area contributed by atoms with E-state index in [0.29, 0.717) is 12.5 Å². The second-order valence-corrected chi connectivity index (χ2v) is 6.19. The summed E-state index contributed by atoms with van der Waals surface area (Å²) in [5.41, 5.74) is 8.33. The molecule has 1 aromatic carbocycles. The van der Waals surface area contributed by atoms with Crippen molar-refractivity contribution in [3.8, 4) is 0 Å². The molecule has 1 aliphatic carbocycles. The predicted molar refractivity (Wildman–Crippen MR) is 73.4 cm³/mol. The van der Waals surface area contributed by atoms with Crippen molar-refractivity contribution in [2.45, 2.75) is 38.7 Å². The Kier molecular flexibility index (Phi) is 3.35. The Labute approximate surface area is 114 Å². The first-order valence-corrected chi connectivity index (χ1v) is 7.21. The molecule has 2 aliphatic rings. The summed E-state index contributed by atoms with van der Waals surface area (Å²) < 4.78 is 19.4. The minimum atomic E-state index is -0.158. The van der Waals surface area contributed by atoms with Gasteiger partial charge in [-0.1, -0.05) is 6.07 Å². The number of nitrogens with two attached hydrogens (primary N) is 1. The van der Waals surface area contributed by atoms with Gasteiger partial charge in [-0.25, -0.2) is 4.39 Å². The zero-order valence-electron chi connectivity index (χ0n) is 11.5. The van der Waals surface area contributed by atoms with Gasteiger partial charge < -0.3 is 10.5 Å². The number of ether oxygens (including phenoxy) is 1. The third-order valence-corrected chi connectivity index (χ3v) is 4.81. The maximum atomic E-state index is 13.5. The fraction of sp³-hybridized carbons (Fsp3) is 0.625. The highest BCUT2D eigenvalue weighted by atomic mass is 19.1. The fourth-order valence-electron chi connectivity index (χ4n) is 3.43. The second kappa shape index (κ2) is 4.88. The Bertz CT molecular complexity index is 472. The molecule has 1 saturated heterocycles. The zero-order valence-corrected chi connectivity index (χ0v) is 11.5. The first-order valence-electron chi connectivity index (χ1n) is 7.21. The van der Waals surface area contributed by atoms with Crippen molar-refractivity contribution >= 4 is 0 Å². The van der Waals surface area contributed by atoms with Crippen LogP contribution in [-0.4, -0.2) is 19.3 Å². The number of hydrogen-bond acceptors (Lipinski definition) is 2. The van der Waals surface area contributed by atoms with Crippen LogP contribution in [0.4, 0.5) is 4.39 Å². The van der Waals surface area contributed by atoms with Crippen LogP contribution in [0.2, 0.25) is 0 Å². The molecule has 104 valence electrons. The molecular formula is C16H22FNO. The van der Waals surface area contributed by atoms with E-state index in [1.807, 2.05) is 13.0 Å². The number of benzene rings is 1. The van der Waals surface area contributed by atoms with Crippen LogP contribution in [0.3, 0.4) is 0 Å². The van der Waals surface area contributed by atoms with Crippen LogP contribution < -0.4 is 5.73 Å². The third kappa shape index (κ3) is 2.41. The summed E-state index contributed by atoms with van der Waals surface area (Å²) in [6, 6.07) is 5.04. The minimum absolute atomic E-state index is 0.0136. The molecule has 2 nitrogen and oxygen atoms in total. The average Bonchev–Trinajstić information content (AvgIpc) is 3.16. The summed E-state index contributed by atoms with van der Waals surface area (Å²) in [6.45, 7) is 3.47. The zero-order chi connectivity index (χ0) is 13.5. The minimum Gasteiger partial charge on any atom is -0.377 e. The molecule has 2 unspecified atom stereocenters. The van der Waals surface area contributed by atoms with Gasteiger partial charge in [-0.05, 0) is 61.8 Å². The van der Waals surface area contributed by atoms with Gasteiger partial charge in [0, 0.05) is 18.6 Å². The molecule has 2 fully saturated rings. The largest absolute Gasteiger partial charge is 0.377 e. The summed E-state index contributed by atoms with van der Waals surface area (Å²) in [5.74, 6) is 0.523. The summed E-state index contributed by atoms with van der Waals surface area (Å²) in [7, 11) is 0. The van der Waals surface area contributed by atoms with E-state index in [2.05, 4.69) is 0 Å². The molecular weight excluding hydrogens is 241 g/mol. The van der Waals surface area contributed by atoms with Gasteiger partial charge >= 0.3 is 0 Å².